The maximum Gasteiger partial charge on any atom is 0.123 e. The molecule has 0 radical (unpaired) electrons. The van der Waals surface area contributed by atoms with Crippen molar-refractivity contribution in [3.8, 4) is 5.75 Å². The number of rotatable bonds is 10. The Labute approximate surface area is 123 Å². The van der Waals surface area contributed by atoms with Crippen LogP contribution in [-0.2, 0) is 6.54 Å². The molecule has 0 spiro atoms. The van der Waals surface area contributed by atoms with Crippen LogP contribution in [0.15, 0.2) is 24.3 Å². The SMILES string of the molecule is CCCNCc1ccccc1OCCN(C)CC1CC1. The number of para-hydroxylation sites is 1. The summed E-state index contributed by atoms with van der Waals surface area (Å²) in [5.41, 5.74) is 1.26. The third-order valence-corrected chi connectivity index (χ3v) is 3.71. The van der Waals surface area contributed by atoms with Gasteiger partial charge in [-0.25, -0.2) is 0 Å². The Morgan fingerprint density at radius 1 is 1.30 bits per heavy atom. The maximum absolute atomic E-state index is 5.96. The second-order valence-electron chi connectivity index (χ2n) is 5.84. The topological polar surface area (TPSA) is 24.5 Å². The fraction of sp³-hybridized carbons (Fsp3) is 0.647. The van der Waals surface area contributed by atoms with Gasteiger partial charge in [-0.05, 0) is 44.8 Å². The van der Waals surface area contributed by atoms with E-state index in [-0.39, 0.29) is 0 Å². The molecule has 0 atom stereocenters. The second kappa shape index (κ2) is 8.28. The summed E-state index contributed by atoms with van der Waals surface area (Å²) in [6, 6.07) is 8.34. The summed E-state index contributed by atoms with van der Waals surface area (Å²) >= 11 is 0. The summed E-state index contributed by atoms with van der Waals surface area (Å²) in [6.07, 6.45) is 3.99. The highest BCUT2D eigenvalue weighted by Gasteiger charge is 2.22. The normalized spacial score (nSPS) is 14.8. The second-order valence-corrected chi connectivity index (χ2v) is 5.84. The third-order valence-electron chi connectivity index (χ3n) is 3.71. The molecule has 112 valence electrons. The predicted octanol–water partition coefficient (Wildman–Crippen LogP) is 2.91. The van der Waals surface area contributed by atoms with E-state index in [0.29, 0.717) is 0 Å². The summed E-state index contributed by atoms with van der Waals surface area (Å²) < 4.78 is 5.96. The summed E-state index contributed by atoms with van der Waals surface area (Å²) in [4.78, 5) is 2.38. The van der Waals surface area contributed by atoms with Gasteiger partial charge in [0.2, 0.25) is 0 Å². The van der Waals surface area contributed by atoms with Gasteiger partial charge in [-0.15, -0.1) is 0 Å². The lowest BCUT2D eigenvalue weighted by atomic mass is 10.2. The minimum atomic E-state index is 0.772. The molecular weight excluding hydrogens is 248 g/mol. The van der Waals surface area contributed by atoms with E-state index in [1.54, 1.807) is 0 Å². The lowest BCUT2D eigenvalue weighted by Gasteiger charge is -2.17. The van der Waals surface area contributed by atoms with Crippen molar-refractivity contribution in [2.24, 2.45) is 5.92 Å². The molecule has 0 heterocycles. The largest absolute Gasteiger partial charge is 0.492 e. The van der Waals surface area contributed by atoms with Gasteiger partial charge in [-0.2, -0.15) is 0 Å². The van der Waals surface area contributed by atoms with Crippen LogP contribution in [0.25, 0.3) is 0 Å². The van der Waals surface area contributed by atoms with Gasteiger partial charge in [0.15, 0.2) is 0 Å². The molecule has 3 heteroatoms. The number of nitrogens with one attached hydrogen (secondary N) is 1. The number of ether oxygens (including phenoxy) is 1. The molecule has 1 fully saturated rings. The zero-order valence-electron chi connectivity index (χ0n) is 12.9. The fourth-order valence-corrected chi connectivity index (χ4v) is 2.33. The van der Waals surface area contributed by atoms with Crippen LogP contribution in [0, 0.1) is 5.92 Å². The van der Waals surface area contributed by atoms with Gasteiger partial charge < -0.3 is 15.0 Å². The Morgan fingerprint density at radius 2 is 2.10 bits per heavy atom. The molecule has 0 bridgehead atoms. The Kier molecular flexibility index (Phi) is 6.34. The fourth-order valence-electron chi connectivity index (χ4n) is 2.33. The van der Waals surface area contributed by atoms with E-state index >= 15 is 0 Å². The summed E-state index contributed by atoms with van der Waals surface area (Å²) in [6.45, 7) is 7.13. The minimum Gasteiger partial charge on any atom is -0.492 e. The van der Waals surface area contributed by atoms with Crippen molar-refractivity contribution in [1.29, 1.82) is 0 Å². The molecule has 0 amide bonds. The van der Waals surface area contributed by atoms with E-state index in [1.165, 1.54) is 24.9 Å². The molecule has 0 aliphatic heterocycles. The highest BCUT2D eigenvalue weighted by atomic mass is 16.5. The van der Waals surface area contributed by atoms with Crippen LogP contribution in [0.1, 0.15) is 31.7 Å². The Balaban J connectivity index is 1.72. The Bertz CT molecular complexity index is 390. The van der Waals surface area contributed by atoms with Crippen molar-refractivity contribution in [1.82, 2.24) is 10.2 Å². The molecule has 20 heavy (non-hydrogen) atoms. The van der Waals surface area contributed by atoms with Crippen LogP contribution in [-0.4, -0.2) is 38.2 Å². The minimum absolute atomic E-state index is 0.772. The monoisotopic (exact) mass is 276 g/mol. The van der Waals surface area contributed by atoms with Crippen molar-refractivity contribution in [3.05, 3.63) is 29.8 Å². The molecule has 1 aromatic carbocycles. The molecule has 0 aromatic heterocycles. The number of likely N-dealkylation sites (N-methyl/N-ethyl adjacent to an activating group) is 1. The summed E-state index contributed by atoms with van der Waals surface area (Å²) in [5.74, 6) is 1.97. The van der Waals surface area contributed by atoms with E-state index in [0.717, 1.165) is 44.3 Å². The van der Waals surface area contributed by atoms with Crippen LogP contribution in [0.5, 0.6) is 5.75 Å². The van der Waals surface area contributed by atoms with Gasteiger partial charge in [-0.3, -0.25) is 0 Å². The van der Waals surface area contributed by atoms with E-state index in [2.05, 4.69) is 42.4 Å². The van der Waals surface area contributed by atoms with Crippen molar-refractivity contribution >= 4 is 0 Å². The molecule has 1 saturated carbocycles. The van der Waals surface area contributed by atoms with Crippen LogP contribution >= 0.6 is 0 Å². The zero-order chi connectivity index (χ0) is 14.2. The molecular formula is C17H28N2O. The highest BCUT2D eigenvalue weighted by Crippen LogP contribution is 2.29. The quantitative estimate of drug-likeness (QED) is 0.665. The summed E-state index contributed by atoms with van der Waals surface area (Å²) in [7, 11) is 2.19. The molecule has 1 aliphatic rings. The van der Waals surface area contributed by atoms with Crippen molar-refractivity contribution in [2.75, 3.05) is 33.3 Å². The average Bonchev–Trinajstić information content (AvgIpc) is 3.24. The predicted molar refractivity (Wildman–Crippen MR) is 84.2 cm³/mol. The van der Waals surface area contributed by atoms with Gasteiger partial charge in [0.25, 0.3) is 0 Å². The van der Waals surface area contributed by atoms with Gasteiger partial charge in [0.1, 0.15) is 12.4 Å². The third kappa shape index (κ3) is 5.51. The van der Waals surface area contributed by atoms with E-state index in [4.69, 9.17) is 4.74 Å². The van der Waals surface area contributed by atoms with Gasteiger partial charge in [0.05, 0.1) is 0 Å². The standard InChI is InChI=1S/C17H28N2O/c1-3-10-18-13-16-6-4-5-7-17(16)20-12-11-19(2)14-15-8-9-15/h4-7,15,18H,3,8-14H2,1-2H3. The van der Waals surface area contributed by atoms with Crippen molar-refractivity contribution in [2.45, 2.75) is 32.7 Å². The number of hydrogen-bond acceptors (Lipinski definition) is 3. The van der Waals surface area contributed by atoms with Gasteiger partial charge in [-0.1, -0.05) is 25.1 Å². The van der Waals surface area contributed by atoms with Gasteiger partial charge in [0, 0.05) is 25.2 Å². The lowest BCUT2D eigenvalue weighted by molar-refractivity contribution is 0.230. The number of hydrogen-bond donors (Lipinski definition) is 1. The van der Waals surface area contributed by atoms with E-state index in [9.17, 15) is 0 Å². The first kappa shape index (κ1) is 15.3. The molecule has 1 N–H and O–H groups in total. The summed E-state index contributed by atoms with van der Waals surface area (Å²) in [5, 5.41) is 3.43. The zero-order valence-corrected chi connectivity index (χ0v) is 12.9. The van der Waals surface area contributed by atoms with Crippen LogP contribution in [0.3, 0.4) is 0 Å². The van der Waals surface area contributed by atoms with Crippen molar-refractivity contribution < 1.29 is 4.74 Å². The molecule has 1 aliphatic carbocycles. The van der Waals surface area contributed by atoms with Crippen LogP contribution < -0.4 is 10.1 Å². The first-order valence-corrected chi connectivity index (χ1v) is 7.89. The molecule has 0 unspecified atom stereocenters. The van der Waals surface area contributed by atoms with E-state index in [1.807, 2.05) is 6.07 Å². The Morgan fingerprint density at radius 3 is 2.85 bits per heavy atom. The molecule has 3 nitrogen and oxygen atoms in total. The average molecular weight is 276 g/mol. The molecule has 2 rings (SSSR count). The first-order valence-electron chi connectivity index (χ1n) is 7.89. The van der Waals surface area contributed by atoms with E-state index < -0.39 is 0 Å². The van der Waals surface area contributed by atoms with Crippen molar-refractivity contribution in [3.63, 3.8) is 0 Å². The smallest absolute Gasteiger partial charge is 0.123 e. The van der Waals surface area contributed by atoms with Crippen LogP contribution in [0.2, 0.25) is 0 Å². The first-order chi connectivity index (χ1) is 9.79. The number of nitrogens with zero attached hydrogens (tertiary/aromatic N) is 1. The van der Waals surface area contributed by atoms with Gasteiger partial charge >= 0.3 is 0 Å². The number of benzene rings is 1. The Hall–Kier alpha value is -1.06. The maximum atomic E-state index is 5.96. The molecule has 0 saturated heterocycles. The highest BCUT2D eigenvalue weighted by molar-refractivity contribution is 5.33. The van der Waals surface area contributed by atoms with Crippen LogP contribution in [0.4, 0.5) is 0 Å². The molecule has 1 aromatic rings. The lowest BCUT2D eigenvalue weighted by Crippen LogP contribution is -2.26.